The lowest BCUT2D eigenvalue weighted by Gasteiger charge is -2.16. The van der Waals surface area contributed by atoms with E-state index in [-0.39, 0.29) is 5.92 Å². The first-order valence-electron chi connectivity index (χ1n) is 10.3. The molecule has 0 saturated heterocycles. The Labute approximate surface area is 187 Å². The zero-order valence-corrected chi connectivity index (χ0v) is 18.4. The minimum absolute atomic E-state index is 0.0499. The van der Waals surface area contributed by atoms with E-state index in [9.17, 15) is 5.26 Å². The van der Waals surface area contributed by atoms with Gasteiger partial charge in [0.05, 0.1) is 30.4 Å². The fourth-order valence-electron chi connectivity index (χ4n) is 3.94. The van der Waals surface area contributed by atoms with E-state index >= 15 is 0 Å². The van der Waals surface area contributed by atoms with Crippen molar-refractivity contribution in [1.82, 2.24) is 9.55 Å². The van der Waals surface area contributed by atoms with Gasteiger partial charge in [0.1, 0.15) is 11.6 Å². The summed E-state index contributed by atoms with van der Waals surface area (Å²) >= 11 is 6.49. The highest BCUT2D eigenvalue weighted by molar-refractivity contribution is 6.31. The average Bonchev–Trinajstić information content (AvgIpc) is 2.97. The molecule has 0 bridgehead atoms. The lowest BCUT2D eigenvalue weighted by atomic mass is 9.98. The minimum Gasteiger partial charge on any atom is -0.497 e. The molecule has 5 heteroatoms. The second-order valence-electron chi connectivity index (χ2n) is 7.58. The Morgan fingerprint density at radius 3 is 2.74 bits per heavy atom. The molecule has 0 radical (unpaired) electrons. The number of imidazole rings is 1. The fourth-order valence-corrected chi connectivity index (χ4v) is 4.13. The second kappa shape index (κ2) is 9.24. The molecule has 0 spiro atoms. The lowest BCUT2D eigenvalue weighted by Crippen LogP contribution is -2.30. The molecule has 0 amide bonds. The first-order valence-corrected chi connectivity index (χ1v) is 10.7. The van der Waals surface area contributed by atoms with Crippen molar-refractivity contribution in [3.8, 4) is 6.07 Å². The zero-order valence-electron chi connectivity index (χ0n) is 17.7. The predicted molar refractivity (Wildman–Crippen MR) is 125 cm³/mol. The number of rotatable bonds is 5. The number of nitriles is 1. The van der Waals surface area contributed by atoms with Gasteiger partial charge in [-0.25, -0.2) is 4.98 Å². The Morgan fingerprint density at radius 1 is 1.16 bits per heavy atom. The molecular weight excluding hydrogens is 406 g/mol. The quantitative estimate of drug-likeness (QED) is 0.702. The van der Waals surface area contributed by atoms with Crippen LogP contribution >= 0.6 is 11.6 Å². The fraction of sp³-hybridized carbons (Fsp3) is 0.231. The Morgan fingerprint density at radius 2 is 1.97 bits per heavy atom. The van der Waals surface area contributed by atoms with Crippen molar-refractivity contribution in [1.29, 1.82) is 5.26 Å². The summed E-state index contributed by atoms with van der Waals surface area (Å²) in [5.74, 6) is 1.83. The third kappa shape index (κ3) is 4.42. The van der Waals surface area contributed by atoms with E-state index in [0.717, 1.165) is 51.3 Å². The van der Waals surface area contributed by atoms with Crippen molar-refractivity contribution in [3.63, 3.8) is 0 Å². The molecule has 156 valence electrons. The summed E-state index contributed by atoms with van der Waals surface area (Å²) in [6.45, 7) is 2.79. The molecule has 0 fully saturated rings. The van der Waals surface area contributed by atoms with Crippen molar-refractivity contribution in [2.45, 2.75) is 32.2 Å². The van der Waals surface area contributed by atoms with E-state index in [2.05, 4.69) is 41.9 Å². The van der Waals surface area contributed by atoms with Crippen molar-refractivity contribution in [2.24, 2.45) is 0 Å². The first kappa shape index (κ1) is 21.0. The SMILES string of the molecule is COC1=CCC=c2c(nc(C(C)C3=CCC=C(C#N)C=C3)n2Cc2ccccc2Cl)=C1. The number of benzene rings is 1. The standard InChI is InChI=1S/C26H24ClN3O/c1-18(20-9-5-7-19(16-28)13-14-20)26-29-24-15-22(31-2)10-6-12-25(24)30(26)17-21-8-3-4-11-23(21)27/h3-4,7-15,18H,5-6,17H2,1-2H3. The number of fused-ring (bicyclic) bond motifs is 1. The van der Waals surface area contributed by atoms with E-state index in [1.807, 2.05) is 42.5 Å². The molecule has 1 heterocycles. The number of hydrogen-bond donors (Lipinski definition) is 0. The topological polar surface area (TPSA) is 50.8 Å². The maximum absolute atomic E-state index is 9.23. The molecule has 1 aromatic heterocycles. The highest BCUT2D eigenvalue weighted by Gasteiger charge is 2.20. The minimum atomic E-state index is 0.0499. The highest BCUT2D eigenvalue weighted by Crippen LogP contribution is 2.26. The maximum atomic E-state index is 9.23. The molecule has 1 atom stereocenters. The van der Waals surface area contributed by atoms with Crippen LogP contribution in [0.1, 0.15) is 37.1 Å². The van der Waals surface area contributed by atoms with Gasteiger partial charge in [0.15, 0.2) is 0 Å². The van der Waals surface area contributed by atoms with Crippen molar-refractivity contribution in [2.75, 3.05) is 7.11 Å². The van der Waals surface area contributed by atoms with Crippen molar-refractivity contribution < 1.29 is 4.74 Å². The van der Waals surface area contributed by atoms with Crippen LogP contribution in [0.2, 0.25) is 5.02 Å². The van der Waals surface area contributed by atoms with Gasteiger partial charge in [-0.2, -0.15) is 5.26 Å². The molecule has 2 aliphatic carbocycles. The van der Waals surface area contributed by atoms with Crippen LogP contribution in [-0.4, -0.2) is 16.7 Å². The predicted octanol–water partition coefficient (Wildman–Crippen LogP) is 4.52. The number of nitrogens with zero attached hydrogens (tertiary/aromatic N) is 3. The van der Waals surface area contributed by atoms with Gasteiger partial charge in [-0.1, -0.05) is 61.0 Å². The first-order chi connectivity index (χ1) is 15.1. The third-order valence-corrected chi connectivity index (χ3v) is 6.03. The van der Waals surface area contributed by atoms with Gasteiger partial charge < -0.3 is 9.30 Å². The summed E-state index contributed by atoms with van der Waals surface area (Å²) in [5, 5.41) is 11.9. The summed E-state index contributed by atoms with van der Waals surface area (Å²) in [5.41, 5.74) is 2.88. The van der Waals surface area contributed by atoms with Gasteiger partial charge in [0.25, 0.3) is 0 Å². The molecule has 2 aromatic rings. The Kier molecular flexibility index (Phi) is 6.25. The second-order valence-corrected chi connectivity index (χ2v) is 7.99. The number of halogens is 1. The van der Waals surface area contributed by atoms with Crippen LogP contribution in [0.5, 0.6) is 0 Å². The number of aromatic nitrogens is 2. The average molecular weight is 430 g/mol. The summed E-state index contributed by atoms with van der Waals surface area (Å²) < 4.78 is 7.74. The van der Waals surface area contributed by atoms with Crippen molar-refractivity contribution >= 4 is 23.8 Å². The number of allylic oxidation sites excluding steroid dienone is 8. The molecule has 4 nitrogen and oxygen atoms in total. The maximum Gasteiger partial charge on any atom is 0.117 e. The van der Waals surface area contributed by atoms with Crippen LogP contribution < -0.4 is 10.7 Å². The largest absolute Gasteiger partial charge is 0.497 e. The molecular formula is C26H24ClN3O. The summed E-state index contributed by atoms with van der Waals surface area (Å²) in [7, 11) is 1.68. The summed E-state index contributed by atoms with van der Waals surface area (Å²) in [6, 6.07) is 10.1. The normalized spacial score (nSPS) is 16.3. The van der Waals surface area contributed by atoms with Crippen LogP contribution in [0.15, 0.2) is 71.6 Å². The monoisotopic (exact) mass is 429 g/mol. The van der Waals surface area contributed by atoms with Crippen LogP contribution in [0.4, 0.5) is 0 Å². The Bertz CT molecular complexity index is 1280. The van der Waals surface area contributed by atoms with Gasteiger partial charge in [-0.05, 0) is 42.2 Å². The molecule has 1 aromatic carbocycles. The van der Waals surface area contributed by atoms with Gasteiger partial charge in [-0.15, -0.1) is 0 Å². The zero-order chi connectivity index (χ0) is 21.8. The van der Waals surface area contributed by atoms with E-state index in [1.54, 1.807) is 7.11 Å². The van der Waals surface area contributed by atoms with Crippen LogP contribution in [-0.2, 0) is 11.3 Å². The highest BCUT2D eigenvalue weighted by atomic mass is 35.5. The third-order valence-electron chi connectivity index (χ3n) is 5.66. The molecule has 0 saturated carbocycles. The molecule has 4 rings (SSSR count). The summed E-state index contributed by atoms with van der Waals surface area (Å²) in [4.78, 5) is 5.04. The lowest BCUT2D eigenvalue weighted by molar-refractivity contribution is 0.312. The van der Waals surface area contributed by atoms with Crippen molar-refractivity contribution in [3.05, 3.63) is 98.7 Å². The molecule has 2 aliphatic rings. The van der Waals surface area contributed by atoms with Gasteiger partial charge in [-0.3, -0.25) is 0 Å². The van der Waals surface area contributed by atoms with Crippen LogP contribution in [0.25, 0.3) is 12.2 Å². The van der Waals surface area contributed by atoms with E-state index in [0.29, 0.717) is 12.1 Å². The number of methoxy groups -OCH3 is 1. The summed E-state index contributed by atoms with van der Waals surface area (Å²) in [6.07, 6.45) is 15.7. The molecule has 0 aliphatic heterocycles. The van der Waals surface area contributed by atoms with E-state index in [4.69, 9.17) is 21.3 Å². The van der Waals surface area contributed by atoms with Gasteiger partial charge in [0.2, 0.25) is 0 Å². The molecule has 0 N–H and O–H groups in total. The van der Waals surface area contributed by atoms with Crippen LogP contribution in [0, 0.1) is 11.3 Å². The van der Waals surface area contributed by atoms with Gasteiger partial charge in [0, 0.05) is 22.6 Å². The van der Waals surface area contributed by atoms with Crippen LogP contribution in [0.3, 0.4) is 0 Å². The smallest absolute Gasteiger partial charge is 0.117 e. The number of ether oxygens (including phenoxy) is 1. The molecule has 1 unspecified atom stereocenters. The van der Waals surface area contributed by atoms with E-state index < -0.39 is 0 Å². The Hall–Kier alpha value is -3.29. The van der Waals surface area contributed by atoms with E-state index in [1.165, 1.54) is 0 Å². The Balaban J connectivity index is 1.83. The van der Waals surface area contributed by atoms with Gasteiger partial charge >= 0.3 is 0 Å². The number of hydrogen-bond acceptors (Lipinski definition) is 3. The molecule has 31 heavy (non-hydrogen) atoms.